The van der Waals surface area contributed by atoms with E-state index in [9.17, 15) is 13.5 Å². The van der Waals surface area contributed by atoms with Crippen LogP contribution in [0.1, 0.15) is 33.3 Å². The lowest BCUT2D eigenvalue weighted by Gasteiger charge is -2.29. The topological polar surface area (TPSA) is 69.6 Å². The van der Waals surface area contributed by atoms with Gasteiger partial charge >= 0.3 is 10.2 Å². The molecule has 0 aliphatic heterocycles. The first-order chi connectivity index (χ1) is 8.57. The van der Waals surface area contributed by atoms with Gasteiger partial charge in [-0.2, -0.15) is 13.1 Å². The third-order valence-electron chi connectivity index (χ3n) is 2.47. The normalized spacial score (nSPS) is 12.5. The van der Waals surface area contributed by atoms with E-state index in [1.807, 2.05) is 6.92 Å². The minimum absolute atomic E-state index is 0.0463. The summed E-state index contributed by atoms with van der Waals surface area (Å²) in [6.45, 7) is 9.21. The summed E-state index contributed by atoms with van der Waals surface area (Å²) in [7, 11) is -3.65. The van der Waals surface area contributed by atoms with Crippen molar-refractivity contribution in [3.63, 3.8) is 0 Å². The minimum Gasteiger partial charge on any atom is -0.508 e. The van der Waals surface area contributed by atoms with Crippen LogP contribution < -0.4 is 9.03 Å². The number of nitrogens with one attached hydrogen (secondary N) is 1. The Morgan fingerprint density at radius 3 is 2.37 bits per heavy atom. The molecule has 0 fully saturated rings. The van der Waals surface area contributed by atoms with Crippen molar-refractivity contribution in [3.05, 3.63) is 23.8 Å². The Labute approximate surface area is 115 Å². The second kappa shape index (κ2) is 5.38. The number of phenols is 1. The summed E-state index contributed by atoms with van der Waals surface area (Å²) in [6.07, 6.45) is 0. The van der Waals surface area contributed by atoms with Crippen LogP contribution in [0, 0.1) is 6.92 Å². The van der Waals surface area contributed by atoms with Gasteiger partial charge in [-0.3, -0.25) is 4.31 Å². The molecule has 0 saturated heterocycles. The van der Waals surface area contributed by atoms with Gasteiger partial charge in [-0.05, 0) is 46.2 Å². The monoisotopic (exact) mass is 286 g/mol. The molecule has 0 unspecified atom stereocenters. The zero-order valence-corrected chi connectivity index (χ0v) is 12.9. The van der Waals surface area contributed by atoms with Crippen molar-refractivity contribution in [2.24, 2.45) is 0 Å². The second-order valence-corrected chi connectivity index (χ2v) is 7.09. The predicted octanol–water partition coefficient (Wildman–Crippen LogP) is 2.16. The fourth-order valence-electron chi connectivity index (χ4n) is 1.78. The Hall–Kier alpha value is -1.27. The van der Waals surface area contributed by atoms with E-state index >= 15 is 0 Å². The van der Waals surface area contributed by atoms with Crippen molar-refractivity contribution in [3.8, 4) is 5.75 Å². The SMILES string of the molecule is CCN(c1cc(O)ccc1C)S(=O)(=O)NC(C)(C)C. The summed E-state index contributed by atoms with van der Waals surface area (Å²) < 4.78 is 28.6. The van der Waals surface area contributed by atoms with Gasteiger partial charge in [0.2, 0.25) is 0 Å². The van der Waals surface area contributed by atoms with Crippen LogP contribution in [0.4, 0.5) is 5.69 Å². The van der Waals surface area contributed by atoms with E-state index in [-0.39, 0.29) is 12.3 Å². The minimum atomic E-state index is -3.65. The van der Waals surface area contributed by atoms with Crippen molar-refractivity contribution in [1.82, 2.24) is 4.72 Å². The van der Waals surface area contributed by atoms with Crippen molar-refractivity contribution >= 4 is 15.9 Å². The lowest BCUT2D eigenvalue weighted by molar-refractivity contribution is 0.475. The highest BCUT2D eigenvalue weighted by molar-refractivity contribution is 7.90. The fourth-order valence-corrected chi connectivity index (χ4v) is 3.46. The quantitative estimate of drug-likeness (QED) is 0.891. The molecule has 0 saturated carbocycles. The van der Waals surface area contributed by atoms with E-state index in [1.165, 1.54) is 16.4 Å². The van der Waals surface area contributed by atoms with Crippen molar-refractivity contribution in [2.45, 2.75) is 40.2 Å². The van der Waals surface area contributed by atoms with Crippen molar-refractivity contribution in [2.75, 3.05) is 10.8 Å². The first-order valence-electron chi connectivity index (χ1n) is 6.18. The van der Waals surface area contributed by atoms with Gasteiger partial charge in [-0.15, -0.1) is 0 Å². The lowest BCUT2D eigenvalue weighted by Crippen LogP contribution is -2.49. The summed E-state index contributed by atoms with van der Waals surface area (Å²) in [5.41, 5.74) is 0.718. The molecule has 1 aromatic carbocycles. The van der Waals surface area contributed by atoms with Crippen LogP contribution in [0.15, 0.2) is 18.2 Å². The maximum Gasteiger partial charge on any atom is 0.302 e. The number of rotatable bonds is 4. The molecule has 6 heteroatoms. The molecule has 1 rings (SSSR count). The van der Waals surface area contributed by atoms with Gasteiger partial charge in [-0.25, -0.2) is 0 Å². The molecule has 0 aliphatic carbocycles. The highest BCUT2D eigenvalue weighted by Crippen LogP contribution is 2.27. The number of anilines is 1. The van der Waals surface area contributed by atoms with Crippen LogP contribution in [-0.4, -0.2) is 25.6 Å². The third-order valence-corrected chi connectivity index (χ3v) is 4.38. The van der Waals surface area contributed by atoms with Gasteiger partial charge in [0.1, 0.15) is 5.75 Å². The van der Waals surface area contributed by atoms with Crippen LogP contribution in [0.5, 0.6) is 5.75 Å². The van der Waals surface area contributed by atoms with E-state index in [4.69, 9.17) is 0 Å². The average Bonchev–Trinajstić information content (AvgIpc) is 2.20. The molecule has 0 amide bonds. The molecular formula is C13H22N2O3S. The number of nitrogens with zero attached hydrogens (tertiary/aromatic N) is 1. The van der Waals surface area contributed by atoms with Crippen molar-refractivity contribution < 1.29 is 13.5 Å². The number of aryl methyl sites for hydroxylation is 1. The van der Waals surface area contributed by atoms with Crippen LogP contribution in [0.25, 0.3) is 0 Å². The summed E-state index contributed by atoms with van der Waals surface area (Å²) in [4.78, 5) is 0. The maximum atomic E-state index is 12.4. The number of benzene rings is 1. The summed E-state index contributed by atoms with van der Waals surface area (Å²) in [5, 5.41) is 9.54. The Kier molecular flexibility index (Phi) is 4.47. The molecule has 0 radical (unpaired) electrons. The van der Waals surface area contributed by atoms with E-state index in [0.717, 1.165) is 5.56 Å². The van der Waals surface area contributed by atoms with Gasteiger partial charge in [0, 0.05) is 18.2 Å². The molecule has 0 aromatic heterocycles. The van der Waals surface area contributed by atoms with Gasteiger partial charge in [0.25, 0.3) is 0 Å². The van der Waals surface area contributed by atoms with Gasteiger partial charge in [-0.1, -0.05) is 6.07 Å². The zero-order valence-electron chi connectivity index (χ0n) is 12.1. The molecule has 0 spiro atoms. The standard InChI is InChI=1S/C13H22N2O3S/c1-6-15(19(17,18)14-13(3,4)5)12-9-11(16)8-7-10(12)2/h7-9,14,16H,6H2,1-5H3. The van der Waals surface area contributed by atoms with Crippen LogP contribution in [-0.2, 0) is 10.2 Å². The van der Waals surface area contributed by atoms with E-state index in [0.29, 0.717) is 5.69 Å². The molecule has 19 heavy (non-hydrogen) atoms. The summed E-state index contributed by atoms with van der Waals surface area (Å²) in [5.74, 6) is 0.0463. The second-order valence-electron chi connectivity index (χ2n) is 5.49. The summed E-state index contributed by atoms with van der Waals surface area (Å²) in [6, 6.07) is 4.69. The van der Waals surface area contributed by atoms with Crippen molar-refractivity contribution in [1.29, 1.82) is 0 Å². The first kappa shape index (κ1) is 15.8. The van der Waals surface area contributed by atoms with E-state index < -0.39 is 15.7 Å². The Morgan fingerprint density at radius 1 is 1.32 bits per heavy atom. The first-order valence-corrected chi connectivity index (χ1v) is 7.62. The van der Waals surface area contributed by atoms with Gasteiger partial charge < -0.3 is 5.11 Å². The molecule has 0 bridgehead atoms. The smallest absolute Gasteiger partial charge is 0.302 e. The number of hydrogen-bond acceptors (Lipinski definition) is 3. The highest BCUT2D eigenvalue weighted by Gasteiger charge is 2.27. The molecule has 0 heterocycles. The predicted molar refractivity (Wildman–Crippen MR) is 77.7 cm³/mol. The largest absolute Gasteiger partial charge is 0.508 e. The van der Waals surface area contributed by atoms with Crippen LogP contribution in [0.2, 0.25) is 0 Å². The van der Waals surface area contributed by atoms with Gasteiger partial charge in [0.15, 0.2) is 0 Å². The fraction of sp³-hybridized carbons (Fsp3) is 0.538. The van der Waals surface area contributed by atoms with E-state index in [2.05, 4.69) is 4.72 Å². The molecule has 5 nitrogen and oxygen atoms in total. The Morgan fingerprint density at radius 2 is 1.89 bits per heavy atom. The van der Waals surface area contributed by atoms with Crippen LogP contribution >= 0.6 is 0 Å². The zero-order chi connectivity index (χ0) is 14.8. The molecule has 108 valence electrons. The number of hydrogen-bond donors (Lipinski definition) is 2. The van der Waals surface area contributed by atoms with Gasteiger partial charge in [0.05, 0.1) is 5.69 Å². The molecule has 0 atom stereocenters. The molecule has 1 aromatic rings. The third kappa shape index (κ3) is 4.11. The molecule has 0 aliphatic rings. The maximum absolute atomic E-state index is 12.4. The Bertz CT molecular complexity index is 547. The lowest BCUT2D eigenvalue weighted by atomic mass is 10.1. The molecule has 2 N–H and O–H groups in total. The van der Waals surface area contributed by atoms with E-state index in [1.54, 1.807) is 33.8 Å². The average molecular weight is 286 g/mol. The number of phenolic OH excluding ortho intramolecular Hbond substituents is 1. The highest BCUT2D eigenvalue weighted by atomic mass is 32.2. The molecular weight excluding hydrogens is 264 g/mol. The van der Waals surface area contributed by atoms with Crippen LogP contribution in [0.3, 0.4) is 0 Å². The Balaban J connectivity index is 3.24. The number of aromatic hydroxyl groups is 1. The summed E-state index contributed by atoms with van der Waals surface area (Å²) >= 11 is 0.